The van der Waals surface area contributed by atoms with Gasteiger partial charge in [0.05, 0.1) is 0 Å². The lowest BCUT2D eigenvalue weighted by Gasteiger charge is -2.37. The van der Waals surface area contributed by atoms with E-state index in [1.54, 1.807) is 0 Å². The van der Waals surface area contributed by atoms with Crippen LogP contribution in [-0.2, 0) is 0 Å². The smallest absolute Gasteiger partial charge is 0.202 e. The maximum atomic E-state index is 5.73. The maximum absolute atomic E-state index is 5.73. The molecular weight excluding hydrogens is 338 g/mol. The molecule has 26 heavy (non-hydrogen) atoms. The summed E-state index contributed by atoms with van der Waals surface area (Å²) < 4.78 is 0. The number of nitrogens with zero attached hydrogens (tertiary/aromatic N) is 2. The lowest BCUT2D eigenvalue weighted by molar-refractivity contribution is 0.595. The molecule has 1 aliphatic carbocycles. The average Bonchev–Trinajstić information content (AvgIpc) is 3.17. The number of benzene rings is 2. The highest BCUT2D eigenvalue weighted by Crippen LogP contribution is 2.43. The Labute approximate surface area is 161 Å². The standard InChI is InChI=1S/C22H25N3S/c1-15-8-6-11-18(14-15)25-21(26)24-20(22(25)12-4-5-13-22)23-19-16(2)9-7-10-17(19)3/h6-11,14H,4-5,12-13H2,1-3H3,(H,23,24,26). The van der Waals surface area contributed by atoms with Gasteiger partial charge in [-0.1, -0.05) is 43.2 Å². The van der Waals surface area contributed by atoms with Gasteiger partial charge in [0, 0.05) is 11.4 Å². The molecule has 1 saturated carbocycles. The van der Waals surface area contributed by atoms with E-state index < -0.39 is 0 Å². The van der Waals surface area contributed by atoms with E-state index in [-0.39, 0.29) is 5.54 Å². The summed E-state index contributed by atoms with van der Waals surface area (Å²) in [5, 5.41) is 4.35. The summed E-state index contributed by atoms with van der Waals surface area (Å²) in [6, 6.07) is 15.0. The summed E-state index contributed by atoms with van der Waals surface area (Å²) in [6.07, 6.45) is 4.58. The lowest BCUT2D eigenvalue weighted by atomic mass is 9.93. The van der Waals surface area contributed by atoms with Gasteiger partial charge >= 0.3 is 0 Å². The molecule has 4 heteroatoms. The third kappa shape index (κ3) is 2.73. The molecule has 2 aliphatic rings. The van der Waals surface area contributed by atoms with E-state index in [1.807, 2.05) is 0 Å². The topological polar surface area (TPSA) is 27.6 Å². The van der Waals surface area contributed by atoms with Crippen LogP contribution in [0.15, 0.2) is 47.5 Å². The molecule has 1 aliphatic heterocycles. The molecule has 3 nitrogen and oxygen atoms in total. The second-order valence-electron chi connectivity index (χ2n) is 7.55. The Bertz CT molecular complexity index is 874. The van der Waals surface area contributed by atoms with Gasteiger partial charge in [0.2, 0.25) is 5.11 Å². The van der Waals surface area contributed by atoms with Gasteiger partial charge in [-0.2, -0.15) is 0 Å². The van der Waals surface area contributed by atoms with E-state index in [0.29, 0.717) is 5.11 Å². The Balaban J connectivity index is 1.76. The summed E-state index contributed by atoms with van der Waals surface area (Å²) in [7, 11) is 0. The van der Waals surface area contributed by atoms with Crippen molar-refractivity contribution in [2.24, 2.45) is 4.99 Å². The van der Waals surface area contributed by atoms with Gasteiger partial charge in [-0.15, -0.1) is 0 Å². The van der Waals surface area contributed by atoms with Gasteiger partial charge in [0.1, 0.15) is 11.4 Å². The van der Waals surface area contributed by atoms with Crippen molar-refractivity contribution in [3.05, 3.63) is 59.2 Å². The Hall–Kier alpha value is -2.20. The zero-order chi connectivity index (χ0) is 18.3. The molecule has 2 aromatic rings. The highest BCUT2D eigenvalue weighted by Gasteiger charge is 2.50. The van der Waals surface area contributed by atoms with Crippen LogP contribution in [0.1, 0.15) is 42.4 Å². The number of aryl methyl sites for hydroxylation is 3. The summed E-state index contributed by atoms with van der Waals surface area (Å²) in [5.74, 6) is 1.01. The van der Waals surface area contributed by atoms with Gasteiger partial charge in [-0.05, 0) is 74.7 Å². The van der Waals surface area contributed by atoms with Crippen molar-refractivity contribution in [1.29, 1.82) is 0 Å². The van der Waals surface area contributed by atoms with Crippen LogP contribution in [0, 0.1) is 20.8 Å². The van der Waals surface area contributed by atoms with Gasteiger partial charge in [0.15, 0.2) is 0 Å². The normalized spacial score (nSPS) is 18.5. The maximum Gasteiger partial charge on any atom is 0.202 e. The molecule has 0 unspecified atom stereocenters. The monoisotopic (exact) mass is 363 g/mol. The predicted molar refractivity (Wildman–Crippen MR) is 114 cm³/mol. The summed E-state index contributed by atoms with van der Waals surface area (Å²) in [4.78, 5) is 7.14. The number of thiocarbonyl (C=S) groups is 1. The van der Waals surface area contributed by atoms with E-state index >= 15 is 0 Å². The molecule has 0 saturated heterocycles. The van der Waals surface area contributed by atoms with E-state index in [1.165, 1.54) is 29.5 Å². The van der Waals surface area contributed by atoms with Crippen LogP contribution >= 0.6 is 12.2 Å². The van der Waals surface area contributed by atoms with Crippen molar-refractivity contribution in [1.82, 2.24) is 0 Å². The summed E-state index contributed by atoms with van der Waals surface area (Å²) >= 11 is 5.73. The molecule has 0 bridgehead atoms. The van der Waals surface area contributed by atoms with Crippen LogP contribution in [0.3, 0.4) is 0 Å². The van der Waals surface area contributed by atoms with E-state index in [9.17, 15) is 0 Å². The van der Waals surface area contributed by atoms with Crippen LogP contribution in [-0.4, -0.2) is 16.5 Å². The molecule has 0 radical (unpaired) electrons. The molecule has 2 aromatic carbocycles. The SMILES string of the molecule is Cc1cccc(N2C(=S)N=C(Nc3c(C)cccc3C)C23CCCC3)c1. The first kappa shape index (κ1) is 17.2. The number of amidine groups is 1. The van der Waals surface area contributed by atoms with Crippen molar-refractivity contribution in [2.45, 2.75) is 52.0 Å². The number of para-hydroxylation sites is 1. The molecule has 0 aromatic heterocycles. The molecule has 0 atom stereocenters. The van der Waals surface area contributed by atoms with Crippen molar-refractivity contribution in [2.75, 3.05) is 10.2 Å². The molecule has 1 spiro atoms. The highest BCUT2D eigenvalue weighted by molar-refractivity contribution is 7.80. The van der Waals surface area contributed by atoms with E-state index in [2.05, 4.69) is 73.5 Å². The van der Waals surface area contributed by atoms with Crippen molar-refractivity contribution < 1.29 is 0 Å². The number of rotatable bonds is 2. The zero-order valence-electron chi connectivity index (χ0n) is 15.7. The number of nitrogens with one attached hydrogen (secondary N) is 1. The minimum Gasteiger partial charge on any atom is -0.341 e. The van der Waals surface area contributed by atoms with E-state index in [4.69, 9.17) is 17.2 Å². The Morgan fingerprint density at radius 3 is 2.31 bits per heavy atom. The fourth-order valence-corrected chi connectivity index (χ4v) is 4.73. The van der Waals surface area contributed by atoms with Crippen LogP contribution in [0.2, 0.25) is 0 Å². The quantitative estimate of drug-likeness (QED) is 0.710. The zero-order valence-corrected chi connectivity index (χ0v) is 16.5. The first-order valence-electron chi connectivity index (χ1n) is 9.34. The number of hydrogen-bond acceptors (Lipinski definition) is 2. The molecule has 1 heterocycles. The Morgan fingerprint density at radius 1 is 1.00 bits per heavy atom. The molecule has 1 fully saturated rings. The first-order valence-corrected chi connectivity index (χ1v) is 9.75. The van der Waals surface area contributed by atoms with Crippen molar-refractivity contribution >= 4 is 34.5 Å². The van der Waals surface area contributed by atoms with Gasteiger partial charge < -0.3 is 10.2 Å². The second kappa shape index (κ2) is 6.51. The highest BCUT2D eigenvalue weighted by atomic mass is 32.1. The van der Waals surface area contributed by atoms with E-state index in [0.717, 1.165) is 30.1 Å². The Morgan fingerprint density at radius 2 is 1.65 bits per heavy atom. The fourth-order valence-electron chi connectivity index (χ4n) is 4.36. The molecular formula is C22H25N3S. The summed E-state index contributed by atoms with van der Waals surface area (Å²) in [6.45, 7) is 6.41. The minimum atomic E-state index is -0.139. The van der Waals surface area contributed by atoms with Crippen LogP contribution in [0.25, 0.3) is 0 Å². The number of hydrogen-bond donors (Lipinski definition) is 1. The van der Waals surface area contributed by atoms with Crippen LogP contribution in [0.5, 0.6) is 0 Å². The van der Waals surface area contributed by atoms with Crippen LogP contribution < -0.4 is 10.2 Å². The van der Waals surface area contributed by atoms with Crippen molar-refractivity contribution in [3.8, 4) is 0 Å². The third-order valence-electron chi connectivity index (χ3n) is 5.68. The third-order valence-corrected chi connectivity index (χ3v) is 5.96. The number of anilines is 2. The molecule has 0 amide bonds. The fraction of sp³-hybridized carbons (Fsp3) is 0.364. The molecule has 4 rings (SSSR count). The lowest BCUT2D eigenvalue weighted by Crippen LogP contribution is -2.52. The van der Waals surface area contributed by atoms with Gasteiger partial charge in [0.25, 0.3) is 0 Å². The predicted octanol–water partition coefficient (Wildman–Crippen LogP) is 5.54. The van der Waals surface area contributed by atoms with Gasteiger partial charge in [-0.3, -0.25) is 0 Å². The van der Waals surface area contributed by atoms with Gasteiger partial charge in [-0.25, -0.2) is 4.99 Å². The average molecular weight is 364 g/mol. The Kier molecular flexibility index (Phi) is 4.31. The van der Waals surface area contributed by atoms with Crippen molar-refractivity contribution in [3.63, 3.8) is 0 Å². The molecule has 1 N–H and O–H groups in total. The summed E-state index contributed by atoms with van der Waals surface area (Å²) in [5.41, 5.74) is 5.89. The second-order valence-corrected chi connectivity index (χ2v) is 7.91. The number of aliphatic imine (C=N–C) groups is 1. The minimum absolute atomic E-state index is 0.139. The molecule has 134 valence electrons. The largest absolute Gasteiger partial charge is 0.341 e. The van der Waals surface area contributed by atoms with Crippen LogP contribution in [0.4, 0.5) is 11.4 Å². The first-order chi connectivity index (χ1) is 12.5.